The van der Waals surface area contributed by atoms with Gasteiger partial charge in [-0.1, -0.05) is 24.3 Å². The third kappa shape index (κ3) is 2.75. The number of carbonyl (C=O) groups excluding carboxylic acids is 1. The van der Waals surface area contributed by atoms with Crippen LogP contribution in [0.2, 0.25) is 0 Å². The zero-order valence-electron chi connectivity index (χ0n) is 13.9. The van der Waals surface area contributed by atoms with Crippen LogP contribution < -0.4 is 9.62 Å². The van der Waals surface area contributed by atoms with Crippen LogP contribution in [0.5, 0.6) is 0 Å². The number of rotatable bonds is 3. The highest BCUT2D eigenvalue weighted by molar-refractivity contribution is 14.1. The van der Waals surface area contributed by atoms with Crippen molar-refractivity contribution in [1.82, 2.24) is 0 Å². The predicted molar refractivity (Wildman–Crippen MR) is 111 cm³/mol. The molecule has 1 heterocycles. The Morgan fingerprint density at radius 1 is 1.12 bits per heavy atom. The second-order valence-electron chi connectivity index (χ2n) is 6.15. The Balaban J connectivity index is 1.67. The molecule has 0 saturated carbocycles. The molecular formula is C19H15IN2O3S. The molecule has 132 valence electrons. The Labute approximate surface area is 165 Å². The third-order valence-electron chi connectivity index (χ3n) is 4.43. The Morgan fingerprint density at radius 2 is 1.85 bits per heavy atom. The van der Waals surface area contributed by atoms with Crippen molar-refractivity contribution in [1.29, 1.82) is 0 Å². The van der Waals surface area contributed by atoms with Crippen molar-refractivity contribution in [2.75, 3.05) is 16.2 Å². The van der Waals surface area contributed by atoms with Gasteiger partial charge in [0.05, 0.1) is 10.6 Å². The monoisotopic (exact) mass is 478 g/mol. The van der Waals surface area contributed by atoms with Gasteiger partial charge in [-0.3, -0.25) is 9.10 Å². The van der Waals surface area contributed by atoms with Crippen LogP contribution >= 0.6 is 22.6 Å². The van der Waals surface area contributed by atoms with E-state index in [1.807, 2.05) is 37.3 Å². The topological polar surface area (TPSA) is 66.5 Å². The van der Waals surface area contributed by atoms with E-state index >= 15 is 0 Å². The van der Waals surface area contributed by atoms with Gasteiger partial charge in [0.15, 0.2) is 0 Å². The van der Waals surface area contributed by atoms with E-state index in [-0.39, 0.29) is 17.3 Å². The first-order chi connectivity index (χ1) is 12.4. The zero-order valence-corrected chi connectivity index (χ0v) is 16.8. The molecule has 0 bridgehead atoms. The number of halogens is 1. The van der Waals surface area contributed by atoms with Crippen molar-refractivity contribution in [2.45, 2.75) is 11.8 Å². The Bertz CT molecular complexity index is 1150. The minimum Gasteiger partial charge on any atom is -0.324 e. The lowest BCUT2D eigenvalue weighted by Crippen LogP contribution is -2.35. The highest BCUT2D eigenvalue weighted by atomic mass is 127. The van der Waals surface area contributed by atoms with Crippen molar-refractivity contribution in [3.63, 3.8) is 0 Å². The number of benzene rings is 3. The Kier molecular flexibility index (Phi) is 4.15. The quantitative estimate of drug-likeness (QED) is 0.581. The Morgan fingerprint density at radius 3 is 2.58 bits per heavy atom. The highest BCUT2D eigenvalue weighted by Crippen LogP contribution is 2.41. The van der Waals surface area contributed by atoms with Gasteiger partial charge in [0, 0.05) is 14.6 Å². The standard InChI is InChI=1S/C19H15IN2O3S/c1-12-10-14(20)8-9-15(12)21-18(23)11-22-16-6-2-4-13-5-3-7-17(19(13)16)26(22,24)25/h2-10H,11H2,1H3,(H,21,23). The van der Waals surface area contributed by atoms with E-state index < -0.39 is 10.0 Å². The van der Waals surface area contributed by atoms with E-state index in [2.05, 4.69) is 27.9 Å². The molecule has 3 aromatic rings. The minimum atomic E-state index is -3.73. The van der Waals surface area contributed by atoms with Gasteiger partial charge < -0.3 is 5.32 Å². The van der Waals surface area contributed by atoms with Crippen LogP contribution in [0.15, 0.2) is 59.5 Å². The molecule has 1 aliphatic rings. The molecule has 4 rings (SSSR count). The van der Waals surface area contributed by atoms with Crippen LogP contribution in [-0.2, 0) is 14.8 Å². The van der Waals surface area contributed by atoms with Gasteiger partial charge in [0.25, 0.3) is 10.0 Å². The molecule has 0 fully saturated rings. The summed E-state index contributed by atoms with van der Waals surface area (Å²) in [5, 5.41) is 4.33. The summed E-state index contributed by atoms with van der Waals surface area (Å²) in [6.07, 6.45) is 0. The second-order valence-corrected chi connectivity index (χ2v) is 9.23. The first kappa shape index (κ1) is 17.3. The Hall–Kier alpha value is -2.13. The van der Waals surface area contributed by atoms with E-state index in [9.17, 15) is 13.2 Å². The number of aryl methyl sites for hydroxylation is 1. The largest absolute Gasteiger partial charge is 0.324 e. The molecule has 7 heteroatoms. The summed E-state index contributed by atoms with van der Waals surface area (Å²) in [4.78, 5) is 12.8. The van der Waals surface area contributed by atoms with Gasteiger partial charge in [-0.25, -0.2) is 8.42 Å². The van der Waals surface area contributed by atoms with Gasteiger partial charge in [-0.2, -0.15) is 0 Å². The van der Waals surface area contributed by atoms with E-state index in [1.54, 1.807) is 24.3 Å². The van der Waals surface area contributed by atoms with E-state index in [0.717, 1.165) is 14.5 Å². The number of nitrogens with zero attached hydrogens (tertiary/aromatic N) is 1. The highest BCUT2D eigenvalue weighted by Gasteiger charge is 2.36. The lowest BCUT2D eigenvalue weighted by molar-refractivity contribution is -0.114. The second kappa shape index (κ2) is 6.24. The summed E-state index contributed by atoms with van der Waals surface area (Å²) >= 11 is 2.20. The molecule has 3 aromatic carbocycles. The average Bonchev–Trinajstić information content (AvgIpc) is 2.81. The van der Waals surface area contributed by atoms with Gasteiger partial charge in [0.1, 0.15) is 6.54 Å². The number of nitrogens with one attached hydrogen (secondary N) is 1. The molecular weight excluding hydrogens is 463 g/mol. The number of hydrogen-bond donors (Lipinski definition) is 1. The van der Waals surface area contributed by atoms with Crippen LogP contribution in [0, 0.1) is 10.5 Å². The number of carbonyl (C=O) groups is 1. The van der Waals surface area contributed by atoms with Crippen molar-refractivity contribution in [3.8, 4) is 0 Å². The fourth-order valence-electron chi connectivity index (χ4n) is 3.22. The normalized spacial score (nSPS) is 14.6. The fourth-order valence-corrected chi connectivity index (χ4v) is 5.53. The van der Waals surface area contributed by atoms with Crippen LogP contribution in [0.3, 0.4) is 0 Å². The third-order valence-corrected chi connectivity index (χ3v) is 6.90. The number of hydrogen-bond acceptors (Lipinski definition) is 3. The van der Waals surface area contributed by atoms with E-state index in [4.69, 9.17) is 0 Å². The molecule has 0 unspecified atom stereocenters. The van der Waals surface area contributed by atoms with Gasteiger partial charge >= 0.3 is 0 Å². The molecule has 0 spiro atoms. The van der Waals surface area contributed by atoms with Crippen molar-refractivity contribution in [3.05, 3.63) is 63.7 Å². The first-order valence-electron chi connectivity index (χ1n) is 7.98. The molecule has 0 aromatic heterocycles. The van der Waals surface area contributed by atoms with Crippen molar-refractivity contribution >= 4 is 60.7 Å². The van der Waals surface area contributed by atoms with Crippen LogP contribution in [0.4, 0.5) is 11.4 Å². The number of amides is 1. The summed E-state index contributed by atoms with van der Waals surface area (Å²) in [6, 6.07) is 16.3. The fraction of sp³-hybridized carbons (Fsp3) is 0.105. The first-order valence-corrected chi connectivity index (χ1v) is 10.5. The lowest BCUT2D eigenvalue weighted by atomic mass is 10.1. The molecule has 5 nitrogen and oxygen atoms in total. The lowest BCUT2D eigenvalue weighted by Gasteiger charge is -2.18. The number of anilines is 2. The zero-order chi connectivity index (χ0) is 18.5. The predicted octanol–water partition coefficient (Wildman–Crippen LogP) is 3.90. The molecule has 26 heavy (non-hydrogen) atoms. The van der Waals surface area contributed by atoms with Gasteiger partial charge in [0.2, 0.25) is 5.91 Å². The van der Waals surface area contributed by atoms with Crippen LogP contribution in [-0.4, -0.2) is 20.9 Å². The molecule has 0 radical (unpaired) electrons. The van der Waals surface area contributed by atoms with Crippen LogP contribution in [0.1, 0.15) is 5.56 Å². The molecule has 1 amide bonds. The maximum Gasteiger partial charge on any atom is 0.265 e. The van der Waals surface area contributed by atoms with Gasteiger partial charge in [-0.05, 0) is 70.8 Å². The minimum absolute atomic E-state index is 0.254. The van der Waals surface area contributed by atoms with Crippen LogP contribution in [0.25, 0.3) is 10.8 Å². The van der Waals surface area contributed by atoms with Crippen molar-refractivity contribution < 1.29 is 13.2 Å². The molecule has 0 saturated heterocycles. The van der Waals surface area contributed by atoms with E-state index in [1.165, 1.54) is 4.31 Å². The van der Waals surface area contributed by atoms with Crippen molar-refractivity contribution in [2.24, 2.45) is 0 Å². The maximum absolute atomic E-state index is 12.9. The maximum atomic E-state index is 12.9. The smallest absolute Gasteiger partial charge is 0.265 e. The average molecular weight is 478 g/mol. The molecule has 1 N–H and O–H groups in total. The summed E-state index contributed by atoms with van der Waals surface area (Å²) in [7, 11) is -3.73. The molecule has 1 aliphatic heterocycles. The summed E-state index contributed by atoms with van der Waals surface area (Å²) in [5.74, 6) is -0.373. The molecule has 0 aliphatic carbocycles. The SMILES string of the molecule is Cc1cc(I)ccc1NC(=O)CN1c2cccc3cccc(c23)S1(=O)=O. The number of sulfonamides is 1. The molecule has 0 atom stereocenters. The summed E-state index contributed by atoms with van der Waals surface area (Å²) < 4.78 is 28.1. The summed E-state index contributed by atoms with van der Waals surface area (Å²) in [5.41, 5.74) is 2.16. The van der Waals surface area contributed by atoms with E-state index in [0.29, 0.717) is 16.8 Å². The van der Waals surface area contributed by atoms with Gasteiger partial charge in [-0.15, -0.1) is 0 Å². The summed E-state index contributed by atoms with van der Waals surface area (Å²) in [6.45, 7) is 1.64.